The number of nitrogens with one attached hydrogen (secondary N) is 1. The first-order valence-corrected chi connectivity index (χ1v) is 12.4. The summed E-state index contributed by atoms with van der Waals surface area (Å²) in [6, 6.07) is 4.09. The quantitative estimate of drug-likeness (QED) is 0.557. The van der Waals surface area contributed by atoms with Gasteiger partial charge in [0.05, 0.1) is 10.8 Å². The van der Waals surface area contributed by atoms with Gasteiger partial charge in [0, 0.05) is 17.4 Å². The molecule has 1 aliphatic heterocycles. The van der Waals surface area contributed by atoms with E-state index in [1.807, 2.05) is 0 Å². The predicted molar refractivity (Wildman–Crippen MR) is 125 cm³/mol. The van der Waals surface area contributed by atoms with Gasteiger partial charge in [-0.3, -0.25) is 14.8 Å². The summed E-state index contributed by atoms with van der Waals surface area (Å²) >= 11 is 0. The molecule has 3 N–H and O–H groups in total. The highest BCUT2D eigenvalue weighted by molar-refractivity contribution is 7.94. The zero-order chi connectivity index (χ0) is 27.3. The number of amides is 1. The van der Waals surface area contributed by atoms with Crippen molar-refractivity contribution in [2.75, 3.05) is 12.0 Å². The number of aromatic nitrogens is 1. The van der Waals surface area contributed by atoms with E-state index in [9.17, 15) is 35.2 Å². The van der Waals surface area contributed by atoms with Gasteiger partial charge in [0.1, 0.15) is 29.6 Å². The maximum absolute atomic E-state index is 15.0. The van der Waals surface area contributed by atoms with Crippen LogP contribution in [0.1, 0.15) is 54.4 Å². The van der Waals surface area contributed by atoms with Crippen LogP contribution in [0.15, 0.2) is 35.5 Å². The SMILES string of the molecule is CC[C@]1(CF)C(N)=N[C@](C)(c2cc(NC(=O)c3ncc(C(F)(F)F)cc3C)ccc2F)C(C)S1(=O)=O. The van der Waals surface area contributed by atoms with Crippen LogP contribution in [0.4, 0.5) is 27.6 Å². The van der Waals surface area contributed by atoms with Gasteiger partial charge in [-0.2, -0.15) is 13.2 Å². The molecule has 13 heteroatoms. The average molecular weight is 533 g/mol. The van der Waals surface area contributed by atoms with Crippen molar-refractivity contribution < 1.29 is 35.2 Å². The third-order valence-electron chi connectivity index (χ3n) is 6.80. The molecular weight excluding hydrogens is 507 g/mol. The normalized spacial score (nSPS) is 25.8. The highest BCUT2D eigenvalue weighted by Gasteiger charge is 2.59. The van der Waals surface area contributed by atoms with Gasteiger partial charge in [0.25, 0.3) is 5.91 Å². The van der Waals surface area contributed by atoms with Gasteiger partial charge in [0.15, 0.2) is 14.6 Å². The lowest BCUT2D eigenvalue weighted by atomic mass is 9.87. The minimum absolute atomic E-state index is 0.00918. The molecule has 0 radical (unpaired) electrons. The number of carbonyl (C=O) groups is 1. The Bertz CT molecular complexity index is 1340. The number of nitrogens with two attached hydrogens (primary N) is 1. The average Bonchev–Trinajstić information content (AvgIpc) is 2.79. The predicted octanol–water partition coefficient (Wildman–Crippen LogP) is 4.31. The number of anilines is 1. The lowest BCUT2D eigenvalue weighted by molar-refractivity contribution is -0.137. The van der Waals surface area contributed by atoms with Crippen molar-refractivity contribution in [3.8, 4) is 0 Å². The van der Waals surface area contributed by atoms with E-state index in [2.05, 4.69) is 15.3 Å². The molecule has 36 heavy (non-hydrogen) atoms. The first kappa shape index (κ1) is 27.5. The van der Waals surface area contributed by atoms with Crippen LogP contribution in [0.2, 0.25) is 0 Å². The Labute approximate surface area is 204 Å². The third kappa shape index (κ3) is 4.22. The van der Waals surface area contributed by atoms with Crippen molar-refractivity contribution in [3.05, 3.63) is 58.7 Å². The Morgan fingerprint density at radius 1 is 1.25 bits per heavy atom. The lowest BCUT2D eigenvalue weighted by Gasteiger charge is -2.44. The number of halogens is 5. The van der Waals surface area contributed by atoms with E-state index in [0.717, 1.165) is 18.2 Å². The maximum Gasteiger partial charge on any atom is 0.417 e. The summed E-state index contributed by atoms with van der Waals surface area (Å²) in [6.07, 6.45) is -4.28. The molecule has 0 bridgehead atoms. The summed E-state index contributed by atoms with van der Waals surface area (Å²) in [4.78, 5) is 20.5. The van der Waals surface area contributed by atoms with Gasteiger partial charge < -0.3 is 11.1 Å². The Hall–Kier alpha value is -3.09. The zero-order valence-electron chi connectivity index (χ0n) is 19.9. The number of amidine groups is 1. The first-order valence-electron chi connectivity index (χ1n) is 10.9. The fourth-order valence-corrected chi connectivity index (χ4v) is 6.63. The zero-order valence-corrected chi connectivity index (χ0v) is 20.7. The molecule has 196 valence electrons. The summed E-state index contributed by atoms with van der Waals surface area (Å²) in [5.74, 6) is -2.19. The molecule has 3 atom stereocenters. The third-order valence-corrected chi connectivity index (χ3v) is 9.88. The number of alkyl halides is 4. The first-order chi connectivity index (χ1) is 16.5. The molecule has 0 spiro atoms. The van der Waals surface area contributed by atoms with Gasteiger partial charge in [0.2, 0.25) is 0 Å². The molecule has 1 aromatic carbocycles. The van der Waals surface area contributed by atoms with Crippen molar-refractivity contribution in [2.45, 2.75) is 55.8 Å². The number of hydrogen-bond acceptors (Lipinski definition) is 6. The van der Waals surface area contributed by atoms with Crippen LogP contribution in [0, 0.1) is 12.7 Å². The van der Waals surface area contributed by atoms with Gasteiger partial charge in [-0.25, -0.2) is 17.2 Å². The summed E-state index contributed by atoms with van der Waals surface area (Å²) in [6.45, 7) is 4.07. The number of nitrogens with zero attached hydrogens (tertiary/aromatic N) is 2. The van der Waals surface area contributed by atoms with Crippen molar-refractivity contribution in [3.63, 3.8) is 0 Å². The standard InChI is InChI=1S/C23H25F5N4O3S/c1-5-22(11-24)20(29)32-21(4,13(3)36(22,34)35)16-9-15(6-7-17(16)25)31-19(33)18-12(2)8-14(10-30-18)23(26,27)28/h6-10,13H,5,11H2,1-4H3,(H2,29,32)(H,31,33)/t13?,21-,22-/m0/s1. The highest BCUT2D eigenvalue weighted by Crippen LogP contribution is 2.45. The van der Waals surface area contributed by atoms with Crippen LogP contribution < -0.4 is 11.1 Å². The topological polar surface area (TPSA) is 115 Å². The number of carbonyl (C=O) groups excluding carboxylic acids is 1. The number of hydrogen-bond donors (Lipinski definition) is 2. The molecule has 1 unspecified atom stereocenters. The fourth-order valence-electron chi connectivity index (χ4n) is 4.28. The van der Waals surface area contributed by atoms with Crippen LogP contribution in [-0.4, -0.2) is 41.8 Å². The van der Waals surface area contributed by atoms with E-state index in [0.29, 0.717) is 6.20 Å². The number of aryl methyl sites for hydroxylation is 1. The molecule has 0 saturated heterocycles. The van der Waals surface area contributed by atoms with Crippen molar-refractivity contribution in [2.24, 2.45) is 10.7 Å². The van der Waals surface area contributed by atoms with Gasteiger partial charge in [-0.15, -0.1) is 0 Å². The van der Waals surface area contributed by atoms with Gasteiger partial charge in [-0.1, -0.05) is 6.92 Å². The Balaban J connectivity index is 2.03. The van der Waals surface area contributed by atoms with E-state index in [-0.39, 0.29) is 28.9 Å². The molecule has 1 aromatic heterocycles. The summed E-state index contributed by atoms with van der Waals surface area (Å²) in [5, 5.41) is 1.05. The van der Waals surface area contributed by atoms with Crippen LogP contribution in [0.5, 0.6) is 0 Å². The second-order valence-electron chi connectivity index (χ2n) is 8.85. The molecule has 3 rings (SSSR count). The summed E-state index contributed by atoms with van der Waals surface area (Å²) < 4.78 is 92.2. The van der Waals surface area contributed by atoms with E-state index < -0.39 is 61.3 Å². The number of benzene rings is 1. The highest BCUT2D eigenvalue weighted by atomic mass is 32.2. The smallest absolute Gasteiger partial charge is 0.386 e. The van der Waals surface area contributed by atoms with Crippen molar-refractivity contribution in [1.29, 1.82) is 0 Å². The van der Waals surface area contributed by atoms with E-state index in [1.165, 1.54) is 33.8 Å². The minimum Gasteiger partial charge on any atom is -0.386 e. The van der Waals surface area contributed by atoms with E-state index in [1.54, 1.807) is 0 Å². The molecule has 2 aromatic rings. The molecular formula is C23H25F5N4O3S. The van der Waals surface area contributed by atoms with E-state index in [4.69, 9.17) is 5.73 Å². The van der Waals surface area contributed by atoms with Crippen LogP contribution in [0.3, 0.4) is 0 Å². The maximum atomic E-state index is 15.0. The molecule has 1 amide bonds. The van der Waals surface area contributed by atoms with Crippen LogP contribution >= 0.6 is 0 Å². The summed E-state index contributed by atoms with van der Waals surface area (Å²) in [5.41, 5.74) is 2.62. The van der Waals surface area contributed by atoms with Gasteiger partial charge >= 0.3 is 6.18 Å². The van der Waals surface area contributed by atoms with E-state index >= 15 is 0 Å². The number of pyridine rings is 1. The Morgan fingerprint density at radius 3 is 2.42 bits per heavy atom. The van der Waals surface area contributed by atoms with Crippen molar-refractivity contribution >= 4 is 27.3 Å². The molecule has 0 fully saturated rings. The lowest BCUT2D eigenvalue weighted by Crippen LogP contribution is -2.62. The second kappa shape index (κ2) is 9.09. The minimum atomic E-state index is -4.63. The molecule has 1 aliphatic rings. The number of rotatable bonds is 5. The molecule has 7 nitrogen and oxygen atoms in total. The van der Waals surface area contributed by atoms with Gasteiger partial charge in [-0.05, 0) is 57.0 Å². The van der Waals surface area contributed by atoms with Crippen LogP contribution in [-0.2, 0) is 21.6 Å². The number of aliphatic imine (C=N–C) groups is 1. The van der Waals surface area contributed by atoms with Crippen LogP contribution in [0.25, 0.3) is 0 Å². The Kier molecular flexibility index (Phi) is 6.94. The monoisotopic (exact) mass is 532 g/mol. The van der Waals surface area contributed by atoms with Crippen molar-refractivity contribution in [1.82, 2.24) is 4.98 Å². The largest absolute Gasteiger partial charge is 0.417 e. The fraction of sp³-hybridized carbons (Fsp3) is 0.435. The molecule has 2 heterocycles. The second-order valence-corrected chi connectivity index (χ2v) is 11.4. The summed E-state index contributed by atoms with van der Waals surface area (Å²) in [7, 11) is -4.27. The Morgan fingerprint density at radius 2 is 1.89 bits per heavy atom. The molecule has 0 aliphatic carbocycles. The number of sulfone groups is 1. The molecule has 0 saturated carbocycles.